The number of piperidine rings is 1. The molecule has 1 fully saturated rings. The molecule has 0 spiro atoms. The van der Waals surface area contributed by atoms with Crippen LogP contribution < -0.4 is 0 Å². The molecule has 0 saturated carbocycles. The minimum Gasteiger partial charge on any atom is -0.335 e. The highest BCUT2D eigenvalue weighted by molar-refractivity contribution is 7.13. The maximum Gasteiger partial charge on any atom is 0.266 e. The summed E-state index contributed by atoms with van der Waals surface area (Å²) in [6.07, 6.45) is 4.26. The van der Waals surface area contributed by atoms with Crippen molar-refractivity contribution in [2.24, 2.45) is 0 Å². The standard InChI is InChI=1S/C18H22N2OS/c1-13-8-6-7-11-20(13)18(21)17-14(2)19-16(22-17)12-15-9-4-3-5-10-15/h3-5,9-10,13H,6-8,11-12H2,1-2H3. The Labute approximate surface area is 136 Å². The van der Waals surface area contributed by atoms with Gasteiger partial charge >= 0.3 is 0 Å². The normalized spacial score (nSPS) is 18.5. The molecule has 0 bridgehead atoms. The smallest absolute Gasteiger partial charge is 0.266 e. The second-order valence-corrected chi connectivity index (χ2v) is 7.11. The van der Waals surface area contributed by atoms with Gasteiger partial charge in [0.15, 0.2) is 0 Å². The second kappa shape index (κ2) is 6.61. The Kier molecular flexibility index (Phi) is 4.57. The van der Waals surface area contributed by atoms with E-state index in [0.29, 0.717) is 6.04 Å². The average molecular weight is 314 g/mol. The van der Waals surface area contributed by atoms with Crippen LogP contribution in [0.3, 0.4) is 0 Å². The lowest BCUT2D eigenvalue weighted by atomic mass is 10.0. The van der Waals surface area contributed by atoms with Crippen molar-refractivity contribution in [3.8, 4) is 0 Å². The van der Waals surface area contributed by atoms with E-state index in [1.54, 1.807) is 11.3 Å². The van der Waals surface area contributed by atoms with Crippen LogP contribution in [0, 0.1) is 6.92 Å². The van der Waals surface area contributed by atoms with Crippen molar-refractivity contribution >= 4 is 17.2 Å². The minimum absolute atomic E-state index is 0.168. The Hall–Kier alpha value is -1.68. The topological polar surface area (TPSA) is 33.2 Å². The van der Waals surface area contributed by atoms with Crippen LogP contribution in [0.25, 0.3) is 0 Å². The fourth-order valence-corrected chi connectivity index (χ4v) is 4.08. The highest BCUT2D eigenvalue weighted by Gasteiger charge is 2.27. The number of thiazole rings is 1. The molecule has 0 radical (unpaired) electrons. The molecule has 116 valence electrons. The number of hydrogen-bond acceptors (Lipinski definition) is 3. The number of nitrogens with zero attached hydrogens (tertiary/aromatic N) is 2. The number of benzene rings is 1. The molecule has 3 rings (SSSR count). The van der Waals surface area contributed by atoms with E-state index in [1.807, 2.05) is 30.0 Å². The zero-order valence-corrected chi connectivity index (χ0v) is 14.0. The maximum atomic E-state index is 12.8. The number of likely N-dealkylation sites (tertiary alicyclic amines) is 1. The van der Waals surface area contributed by atoms with Gasteiger partial charge in [0.2, 0.25) is 0 Å². The Morgan fingerprint density at radius 1 is 1.32 bits per heavy atom. The maximum absolute atomic E-state index is 12.8. The molecule has 1 amide bonds. The molecule has 1 aromatic heterocycles. The Morgan fingerprint density at radius 3 is 2.82 bits per heavy atom. The van der Waals surface area contributed by atoms with Crippen LogP contribution in [0.15, 0.2) is 30.3 Å². The molecule has 1 aliphatic rings. The van der Waals surface area contributed by atoms with Gasteiger partial charge in [-0.2, -0.15) is 0 Å². The van der Waals surface area contributed by atoms with E-state index in [1.165, 1.54) is 12.0 Å². The molecular formula is C18H22N2OS. The number of amides is 1. The summed E-state index contributed by atoms with van der Waals surface area (Å²) in [7, 11) is 0. The van der Waals surface area contributed by atoms with Crippen LogP contribution in [-0.4, -0.2) is 28.4 Å². The highest BCUT2D eigenvalue weighted by Crippen LogP contribution is 2.25. The number of rotatable bonds is 3. The molecule has 1 atom stereocenters. The molecule has 2 heterocycles. The van der Waals surface area contributed by atoms with Gasteiger partial charge in [0.1, 0.15) is 4.88 Å². The van der Waals surface area contributed by atoms with Crippen molar-refractivity contribution in [1.82, 2.24) is 9.88 Å². The fourth-order valence-electron chi connectivity index (χ4n) is 3.03. The molecule has 3 nitrogen and oxygen atoms in total. The third-order valence-corrected chi connectivity index (χ3v) is 5.44. The Bertz CT molecular complexity index is 650. The van der Waals surface area contributed by atoms with E-state index in [2.05, 4.69) is 24.0 Å². The summed E-state index contributed by atoms with van der Waals surface area (Å²) < 4.78 is 0. The van der Waals surface area contributed by atoms with Gasteiger partial charge in [0.25, 0.3) is 5.91 Å². The summed E-state index contributed by atoms with van der Waals surface area (Å²) in [5.74, 6) is 0.168. The first kappa shape index (κ1) is 15.2. The van der Waals surface area contributed by atoms with Crippen LogP contribution in [-0.2, 0) is 6.42 Å². The molecule has 0 N–H and O–H groups in total. The monoisotopic (exact) mass is 314 g/mol. The summed E-state index contributed by atoms with van der Waals surface area (Å²) in [6, 6.07) is 10.6. The summed E-state index contributed by atoms with van der Waals surface area (Å²) in [5, 5.41) is 1.02. The molecule has 1 unspecified atom stereocenters. The predicted molar refractivity (Wildman–Crippen MR) is 90.4 cm³/mol. The van der Waals surface area contributed by atoms with Crippen molar-refractivity contribution in [2.75, 3.05) is 6.54 Å². The summed E-state index contributed by atoms with van der Waals surface area (Å²) in [6.45, 7) is 4.98. The molecule has 22 heavy (non-hydrogen) atoms. The molecule has 2 aromatic rings. The lowest BCUT2D eigenvalue weighted by Gasteiger charge is -2.33. The van der Waals surface area contributed by atoms with Gasteiger partial charge in [-0.3, -0.25) is 4.79 Å². The van der Waals surface area contributed by atoms with Gasteiger partial charge in [0.05, 0.1) is 10.7 Å². The molecule has 1 saturated heterocycles. The quantitative estimate of drug-likeness (QED) is 0.856. The molecule has 0 aliphatic carbocycles. The average Bonchev–Trinajstić information content (AvgIpc) is 2.88. The molecule has 4 heteroatoms. The van der Waals surface area contributed by atoms with Crippen LogP contribution >= 0.6 is 11.3 Å². The third-order valence-electron chi connectivity index (χ3n) is 4.30. The van der Waals surface area contributed by atoms with E-state index < -0.39 is 0 Å². The molecular weight excluding hydrogens is 292 g/mol. The van der Waals surface area contributed by atoms with Crippen LogP contribution in [0.5, 0.6) is 0 Å². The van der Waals surface area contributed by atoms with Crippen LogP contribution in [0.2, 0.25) is 0 Å². The van der Waals surface area contributed by atoms with E-state index in [0.717, 1.165) is 41.4 Å². The SMILES string of the molecule is Cc1nc(Cc2ccccc2)sc1C(=O)N1CCCCC1C. The van der Waals surface area contributed by atoms with Gasteiger partial charge < -0.3 is 4.90 Å². The summed E-state index contributed by atoms with van der Waals surface area (Å²) in [5.41, 5.74) is 2.11. The lowest BCUT2D eigenvalue weighted by Crippen LogP contribution is -2.41. The molecule has 1 aliphatic heterocycles. The number of carbonyl (C=O) groups excluding carboxylic acids is 1. The van der Waals surface area contributed by atoms with E-state index >= 15 is 0 Å². The fraction of sp³-hybridized carbons (Fsp3) is 0.444. The van der Waals surface area contributed by atoms with E-state index in [4.69, 9.17) is 0 Å². The van der Waals surface area contributed by atoms with E-state index in [-0.39, 0.29) is 5.91 Å². The van der Waals surface area contributed by atoms with Gasteiger partial charge in [0, 0.05) is 19.0 Å². The van der Waals surface area contributed by atoms with Crippen molar-refractivity contribution in [2.45, 2.75) is 45.6 Å². The largest absolute Gasteiger partial charge is 0.335 e. The first-order valence-electron chi connectivity index (χ1n) is 7.96. The van der Waals surface area contributed by atoms with Gasteiger partial charge in [-0.05, 0) is 38.7 Å². The van der Waals surface area contributed by atoms with Crippen molar-refractivity contribution in [1.29, 1.82) is 0 Å². The van der Waals surface area contributed by atoms with Crippen LogP contribution in [0.1, 0.15) is 52.1 Å². The van der Waals surface area contributed by atoms with E-state index in [9.17, 15) is 4.79 Å². The van der Waals surface area contributed by atoms with Crippen molar-refractivity contribution < 1.29 is 4.79 Å². The lowest BCUT2D eigenvalue weighted by molar-refractivity contribution is 0.0639. The Morgan fingerprint density at radius 2 is 2.09 bits per heavy atom. The summed E-state index contributed by atoms with van der Waals surface area (Å²) in [4.78, 5) is 20.3. The number of aromatic nitrogens is 1. The predicted octanol–water partition coefficient (Wildman–Crippen LogP) is 4.06. The second-order valence-electron chi connectivity index (χ2n) is 6.03. The van der Waals surface area contributed by atoms with Gasteiger partial charge in [-0.15, -0.1) is 11.3 Å². The zero-order valence-electron chi connectivity index (χ0n) is 13.2. The van der Waals surface area contributed by atoms with Crippen molar-refractivity contribution in [3.05, 3.63) is 51.5 Å². The Balaban J connectivity index is 1.78. The highest BCUT2D eigenvalue weighted by atomic mass is 32.1. The first-order chi connectivity index (χ1) is 10.6. The summed E-state index contributed by atoms with van der Waals surface area (Å²) >= 11 is 1.56. The van der Waals surface area contributed by atoms with Gasteiger partial charge in [-0.25, -0.2) is 4.98 Å². The number of aryl methyl sites for hydroxylation is 1. The molecule has 1 aromatic carbocycles. The third kappa shape index (κ3) is 3.22. The van der Waals surface area contributed by atoms with Crippen LogP contribution in [0.4, 0.5) is 0 Å². The zero-order chi connectivity index (χ0) is 15.5. The number of hydrogen-bond donors (Lipinski definition) is 0. The number of carbonyl (C=O) groups is 1. The minimum atomic E-state index is 0.168. The van der Waals surface area contributed by atoms with Gasteiger partial charge in [-0.1, -0.05) is 30.3 Å². The first-order valence-corrected chi connectivity index (χ1v) is 8.78. The van der Waals surface area contributed by atoms with Crippen molar-refractivity contribution in [3.63, 3.8) is 0 Å².